The molecule has 0 aromatic carbocycles. The highest BCUT2D eigenvalue weighted by molar-refractivity contribution is 5.81. The zero-order valence-corrected chi connectivity index (χ0v) is 12.7. The summed E-state index contributed by atoms with van der Waals surface area (Å²) in [5, 5.41) is 0. The monoisotopic (exact) mass is 265 g/mol. The second-order valence-electron chi connectivity index (χ2n) is 5.40. The number of Topliss-reactive ketones (excluding diaryl/α,β-unsaturated/α-hetero) is 1. The van der Waals surface area contributed by atoms with Gasteiger partial charge in [0.15, 0.2) is 0 Å². The van der Waals surface area contributed by atoms with E-state index in [4.69, 9.17) is 9.47 Å². The standard InChI is InChI=1S/C15H23NO3/c1-10-9-16-13(11(2)14(10)18-5)7-12(17)8-15(3,4)19-6/h9H,7-8H2,1-6H3. The van der Waals surface area contributed by atoms with E-state index >= 15 is 0 Å². The molecule has 4 heteroatoms. The SMILES string of the molecule is COc1c(C)cnc(CC(=O)CC(C)(C)OC)c1C. The van der Waals surface area contributed by atoms with E-state index in [1.165, 1.54) is 0 Å². The molecule has 0 fully saturated rings. The molecule has 0 aliphatic carbocycles. The summed E-state index contributed by atoms with van der Waals surface area (Å²) in [6.45, 7) is 7.68. The molecule has 0 radical (unpaired) electrons. The fourth-order valence-electron chi connectivity index (χ4n) is 2.05. The molecular formula is C15H23NO3. The molecular weight excluding hydrogens is 242 g/mol. The Balaban J connectivity index is 2.86. The van der Waals surface area contributed by atoms with E-state index in [1.807, 2.05) is 27.7 Å². The van der Waals surface area contributed by atoms with Gasteiger partial charge in [-0.15, -0.1) is 0 Å². The first-order chi connectivity index (χ1) is 8.80. The number of hydrogen-bond acceptors (Lipinski definition) is 4. The molecule has 0 N–H and O–H groups in total. The summed E-state index contributed by atoms with van der Waals surface area (Å²) in [6, 6.07) is 0. The molecule has 0 spiro atoms. The maximum absolute atomic E-state index is 12.1. The Morgan fingerprint density at radius 2 is 1.95 bits per heavy atom. The van der Waals surface area contributed by atoms with Crippen LogP contribution in [0.4, 0.5) is 0 Å². The molecule has 106 valence electrons. The van der Waals surface area contributed by atoms with Crippen molar-refractivity contribution in [1.29, 1.82) is 0 Å². The van der Waals surface area contributed by atoms with Gasteiger partial charge in [-0.25, -0.2) is 0 Å². The molecule has 1 aromatic heterocycles. The largest absolute Gasteiger partial charge is 0.496 e. The van der Waals surface area contributed by atoms with Gasteiger partial charge in [0.1, 0.15) is 11.5 Å². The van der Waals surface area contributed by atoms with Crippen molar-refractivity contribution in [1.82, 2.24) is 4.98 Å². The zero-order valence-electron chi connectivity index (χ0n) is 12.7. The number of ketones is 1. The van der Waals surface area contributed by atoms with Crippen molar-refractivity contribution in [2.24, 2.45) is 0 Å². The van der Waals surface area contributed by atoms with Crippen LogP contribution in [0.1, 0.15) is 37.1 Å². The Kier molecular flexibility index (Phi) is 5.06. The molecule has 0 aliphatic heterocycles. The summed E-state index contributed by atoms with van der Waals surface area (Å²) in [7, 11) is 3.25. The van der Waals surface area contributed by atoms with Crippen molar-refractivity contribution in [2.75, 3.05) is 14.2 Å². The summed E-state index contributed by atoms with van der Waals surface area (Å²) in [5.74, 6) is 0.928. The zero-order chi connectivity index (χ0) is 14.6. The summed E-state index contributed by atoms with van der Waals surface area (Å²) in [4.78, 5) is 16.4. The van der Waals surface area contributed by atoms with Gasteiger partial charge in [0.2, 0.25) is 0 Å². The van der Waals surface area contributed by atoms with Gasteiger partial charge >= 0.3 is 0 Å². The van der Waals surface area contributed by atoms with Crippen molar-refractivity contribution in [3.63, 3.8) is 0 Å². The number of aromatic nitrogens is 1. The minimum Gasteiger partial charge on any atom is -0.496 e. The van der Waals surface area contributed by atoms with Crippen LogP contribution in [0.5, 0.6) is 5.75 Å². The van der Waals surface area contributed by atoms with E-state index in [9.17, 15) is 4.79 Å². The Hall–Kier alpha value is -1.42. The Morgan fingerprint density at radius 3 is 2.47 bits per heavy atom. The topological polar surface area (TPSA) is 48.4 Å². The first kappa shape index (κ1) is 15.6. The summed E-state index contributed by atoms with van der Waals surface area (Å²) in [6.07, 6.45) is 2.44. The number of carbonyl (C=O) groups is 1. The Labute approximate surface area is 115 Å². The third kappa shape index (κ3) is 4.03. The molecule has 0 aliphatic rings. The first-order valence-electron chi connectivity index (χ1n) is 6.36. The molecule has 0 atom stereocenters. The van der Waals surface area contributed by atoms with Crippen LogP contribution in [0.2, 0.25) is 0 Å². The quantitative estimate of drug-likeness (QED) is 0.793. The molecule has 0 unspecified atom stereocenters. The molecule has 1 rings (SSSR count). The van der Waals surface area contributed by atoms with Crippen LogP contribution in [0.3, 0.4) is 0 Å². The van der Waals surface area contributed by atoms with E-state index in [-0.39, 0.29) is 5.78 Å². The van der Waals surface area contributed by atoms with E-state index < -0.39 is 5.60 Å². The molecule has 0 saturated heterocycles. The van der Waals surface area contributed by atoms with Crippen LogP contribution in [-0.2, 0) is 16.0 Å². The van der Waals surface area contributed by atoms with Crippen LogP contribution < -0.4 is 4.74 Å². The number of ether oxygens (including phenoxy) is 2. The number of nitrogens with zero attached hydrogens (tertiary/aromatic N) is 1. The fourth-order valence-corrected chi connectivity index (χ4v) is 2.05. The molecule has 4 nitrogen and oxygen atoms in total. The molecule has 1 aromatic rings. The minimum atomic E-state index is -0.431. The number of methoxy groups -OCH3 is 2. The van der Waals surface area contributed by atoms with Gasteiger partial charge < -0.3 is 9.47 Å². The van der Waals surface area contributed by atoms with Gasteiger partial charge in [0, 0.05) is 37.3 Å². The summed E-state index contributed by atoms with van der Waals surface area (Å²) in [5.41, 5.74) is 2.26. The average Bonchev–Trinajstić information content (AvgIpc) is 2.33. The number of carbonyl (C=O) groups excluding carboxylic acids is 1. The maximum Gasteiger partial charge on any atom is 0.141 e. The second kappa shape index (κ2) is 6.15. The van der Waals surface area contributed by atoms with E-state index in [1.54, 1.807) is 20.4 Å². The Morgan fingerprint density at radius 1 is 1.32 bits per heavy atom. The molecule has 19 heavy (non-hydrogen) atoms. The summed E-state index contributed by atoms with van der Waals surface area (Å²) < 4.78 is 10.6. The molecule has 0 bridgehead atoms. The average molecular weight is 265 g/mol. The van der Waals surface area contributed by atoms with E-state index in [0.29, 0.717) is 12.8 Å². The van der Waals surface area contributed by atoms with E-state index in [2.05, 4.69) is 4.98 Å². The highest BCUT2D eigenvalue weighted by Gasteiger charge is 2.22. The van der Waals surface area contributed by atoms with Crippen molar-refractivity contribution in [3.8, 4) is 5.75 Å². The van der Waals surface area contributed by atoms with Crippen LogP contribution >= 0.6 is 0 Å². The highest BCUT2D eigenvalue weighted by atomic mass is 16.5. The third-order valence-electron chi connectivity index (χ3n) is 3.29. The molecule has 1 heterocycles. The molecule has 0 amide bonds. The first-order valence-corrected chi connectivity index (χ1v) is 6.36. The van der Waals surface area contributed by atoms with Crippen LogP contribution in [0.15, 0.2) is 6.20 Å². The van der Waals surface area contributed by atoms with E-state index in [0.717, 1.165) is 22.6 Å². The maximum atomic E-state index is 12.1. The van der Waals surface area contributed by atoms with Crippen molar-refractivity contribution in [2.45, 2.75) is 46.1 Å². The number of hydrogen-bond donors (Lipinski definition) is 0. The van der Waals surface area contributed by atoms with Gasteiger partial charge in [0.05, 0.1) is 18.4 Å². The smallest absolute Gasteiger partial charge is 0.141 e. The second-order valence-corrected chi connectivity index (χ2v) is 5.40. The van der Waals surface area contributed by atoms with Crippen molar-refractivity contribution >= 4 is 5.78 Å². The molecule has 0 saturated carbocycles. The van der Waals surface area contributed by atoms with Crippen LogP contribution in [-0.4, -0.2) is 30.6 Å². The van der Waals surface area contributed by atoms with Gasteiger partial charge in [-0.3, -0.25) is 9.78 Å². The lowest BCUT2D eigenvalue weighted by atomic mass is 9.97. The lowest BCUT2D eigenvalue weighted by molar-refractivity contribution is -0.123. The van der Waals surface area contributed by atoms with Gasteiger partial charge in [0.25, 0.3) is 0 Å². The normalized spacial score (nSPS) is 11.5. The van der Waals surface area contributed by atoms with Gasteiger partial charge in [-0.1, -0.05) is 0 Å². The highest BCUT2D eigenvalue weighted by Crippen LogP contribution is 2.25. The minimum absolute atomic E-state index is 0.119. The number of rotatable bonds is 6. The predicted octanol–water partition coefficient (Wildman–Crippen LogP) is 2.63. The lowest BCUT2D eigenvalue weighted by Crippen LogP contribution is -2.27. The van der Waals surface area contributed by atoms with Crippen molar-refractivity contribution < 1.29 is 14.3 Å². The predicted molar refractivity (Wildman–Crippen MR) is 74.7 cm³/mol. The number of aryl methyl sites for hydroxylation is 1. The summed E-state index contributed by atoms with van der Waals surface area (Å²) >= 11 is 0. The van der Waals surface area contributed by atoms with Crippen LogP contribution in [0.25, 0.3) is 0 Å². The number of pyridine rings is 1. The lowest BCUT2D eigenvalue weighted by Gasteiger charge is -2.22. The fraction of sp³-hybridized carbons (Fsp3) is 0.600. The third-order valence-corrected chi connectivity index (χ3v) is 3.29. The van der Waals surface area contributed by atoms with Gasteiger partial charge in [-0.05, 0) is 27.7 Å². The van der Waals surface area contributed by atoms with Gasteiger partial charge in [-0.2, -0.15) is 0 Å². The van der Waals surface area contributed by atoms with Crippen molar-refractivity contribution in [3.05, 3.63) is 23.0 Å². The Bertz CT molecular complexity index is 467. The van der Waals surface area contributed by atoms with Crippen LogP contribution in [0, 0.1) is 13.8 Å².